The monoisotopic (exact) mass is 273 g/mol. The highest BCUT2D eigenvalue weighted by Gasteiger charge is 2.22. The molecule has 2 aromatic carbocycles. The van der Waals surface area contributed by atoms with Crippen molar-refractivity contribution in [2.24, 2.45) is 0 Å². The third-order valence-electron chi connectivity index (χ3n) is 3.66. The maximum Gasteiger partial charge on any atom is 0.197 e. The fourth-order valence-electron chi connectivity index (χ4n) is 2.71. The van der Waals surface area contributed by atoms with Crippen LogP contribution in [0.5, 0.6) is 5.75 Å². The summed E-state index contributed by atoms with van der Waals surface area (Å²) in [5.74, 6) is 0.277. The lowest BCUT2D eigenvalue weighted by molar-refractivity contribution is -1.19. The average molecular weight is 273 g/mol. The Kier molecular flexibility index (Phi) is 3.42. The van der Waals surface area contributed by atoms with Gasteiger partial charge in [0, 0.05) is 18.7 Å². The van der Waals surface area contributed by atoms with Crippen LogP contribution in [0.25, 0.3) is 0 Å². The van der Waals surface area contributed by atoms with E-state index in [1.807, 2.05) is 12.1 Å². The molecule has 20 heavy (non-hydrogen) atoms. The van der Waals surface area contributed by atoms with Gasteiger partial charge in [-0.2, -0.15) is 10.4 Å². The van der Waals surface area contributed by atoms with E-state index in [9.17, 15) is 15.5 Å². The SMILES string of the molecule is Oc1ccc2c(c1)CCNC2c1cccc([NH+](O)O)c1. The molecule has 104 valence electrons. The highest BCUT2D eigenvalue weighted by Crippen LogP contribution is 2.31. The third kappa shape index (κ3) is 2.39. The van der Waals surface area contributed by atoms with Crippen LogP contribution in [0, 0.1) is 0 Å². The predicted octanol–water partition coefficient (Wildman–Crippen LogP) is 0.922. The summed E-state index contributed by atoms with van der Waals surface area (Å²) in [7, 11) is 0. The fraction of sp³-hybridized carbons (Fsp3) is 0.200. The Morgan fingerprint density at radius 1 is 1.10 bits per heavy atom. The van der Waals surface area contributed by atoms with E-state index in [-0.39, 0.29) is 11.8 Å². The zero-order chi connectivity index (χ0) is 14.1. The number of nitrogens with one attached hydrogen (secondary N) is 2. The van der Waals surface area contributed by atoms with Crippen molar-refractivity contribution >= 4 is 5.69 Å². The quantitative estimate of drug-likeness (QED) is 0.527. The first-order chi connectivity index (χ1) is 9.65. The molecule has 0 aromatic heterocycles. The van der Waals surface area contributed by atoms with Crippen LogP contribution >= 0.6 is 0 Å². The van der Waals surface area contributed by atoms with Crippen LogP contribution in [0.2, 0.25) is 0 Å². The second-order valence-corrected chi connectivity index (χ2v) is 4.97. The van der Waals surface area contributed by atoms with Crippen molar-refractivity contribution in [1.82, 2.24) is 5.32 Å². The van der Waals surface area contributed by atoms with Gasteiger partial charge in [-0.3, -0.25) is 0 Å². The lowest BCUT2D eigenvalue weighted by Crippen LogP contribution is -3.01. The highest BCUT2D eigenvalue weighted by atomic mass is 16.8. The first-order valence-corrected chi connectivity index (χ1v) is 6.55. The Balaban J connectivity index is 2.02. The number of benzene rings is 2. The van der Waals surface area contributed by atoms with Gasteiger partial charge in [0.15, 0.2) is 5.69 Å². The number of quaternary nitrogens is 1. The van der Waals surface area contributed by atoms with Crippen LogP contribution in [0.15, 0.2) is 42.5 Å². The molecule has 2 aromatic rings. The van der Waals surface area contributed by atoms with Gasteiger partial charge in [0.05, 0.1) is 6.04 Å². The fourth-order valence-corrected chi connectivity index (χ4v) is 2.71. The Hall–Kier alpha value is -1.92. The predicted molar refractivity (Wildman–Crippen MR) is 72.3 cm³/mol. The molecular weight excluding hydrogens is 256 g/mol. The maximum absolute atomic E-state index is 9.57. The smallest absolute Gasteiger partial charge is 0.197 e. The second kappa shape index (κ2) is 5.22. The summed E-state index contributed by atoms with van der Waals surface area (Å²) < 4.78 is 0. The molecule has 0 bridgehead atoms. The van der Waals surface area contributed by atoms with Gasteiger partial charge in [0.1, 0.15) is 5.75 Å². The normalized spacial score (nSPS) is 18.1. The summed E-state index contributed by atoms with van der Waals surface area (Å²) in [6, 6.07) is 12.5. The van der Waals surface area contributed by atoms with E-state index < -0.39 is 5.23 Å². The zero-order valence-electron chi connectivity index (χ0n) is 10.9. The van der Waals surface area contributed by atoms with Gasteiger partial charge in [-0.05, 0) is 40.5 Å². The molecule has 0 fully saturated rings. The number of aromatic hydroxyl groups is 1. The molecule has 5 nitrogen and oxygen atoms in total. The second-order valence-electron chi connectivity index (χ2n) is 4.97. The molecule has 0 radical (unpaired) electrons. The van der Waals surface area contributed by atoms with Gasteiger partial charge in [-0.25, -0.2) is 0 Å². The van der Waals surface area contributed by atoms with E-state index >= 15 is 0 Å². The maximum atomic E-state index is 9.57. The van der Waals surface area contributed by atoms with Crippen molar-refractivity contribution in [3.63, 3.8) is 0 Å². The summed E-state index contributed by atoms with van der Waals surface area (Å²) in [6.45, 7) is 0.820. The summed E-state index contributed by atoms with van der Waals surface area (Å²) in [4.78, 5) is 0. The van der Waals surface area contributed by atoms with Crippen molar-refractivity contribution in [2.45, 2.75) is 12.5 Å². The van der Waals surface area contributed by atoms with Crippen LogP contribution in [0.4, 0.5) is 5.69 Å². The molecule has 1 unspecified atom stereocenters. The van der Waals surface area contributed by atoms with E-state index in [1.165, 1.54) is 0 Å². The van der Waals surface area contributed by atoms with Crippen molar-refractivity contribution in [1.29, 1.82) is 0 Å². The van der Waals surface area contributed by atoms with Gasteiger partial charge < -0.3 is 10.4 Å². The zero-order valence-corrected chi connectivity index (χ0v) is 10.9. The molecule has 3 rings (SSSR count). The largest absolute Gasteiger partial charge is 0.508 e. The molecule has 5 N–H and O–H groups in total. The van der Waals surface area contributed by atoms with Gasteiger partial charge in [0.25, 0.3) is 0 Å². The van der Waals surface area contributed by atoms with Crippen LogP contribution in [0.3, 0.4) is 0 Å². The van der Waals surface area contributed by atoms with E-state index in [1.54, 1.807) is 30.3 Å². The van der Waals surface area contributed by atoms with Crippen molar-refractivity contribution in [3.8, 4) is 5.75 Å². The molecule has 0 spiro atoms. The van der Waals surface area contributed by atoms with E-state index in [0.29, 0.717) is 5.69 Å². The minimum Gasteiger partial charge on any atom is -0.508 e. The minimum absolute atomic E-state index is 0.00125. The van der Waals surface area contributed by atoms with Crippen LogP contribution in [-0.4, -0.2) is 22.1 Å². The minimum atomic E-state index is -0.673. The molecule has 0 aliphatic carbocycles. The molecule has 5 heteroatoms. The molecule has 0 amide bonds. The van der Waals surface area contributed by atoms with Crippen molar-refractivity contribution in [3.05, 3.63) is 59.2 Å². The van der Waals surface area contributed by atoms with Crippen LogP contribution in [-0.2, 0) is 6.42 Å². The molecule has 0 saturated carbocycles. The lowest BCUT2D eigenvalue weighted by Gasteiger charge is -2.27. The number of hydrogen-bond acceptors (Lipinski definition) is 4. The van der Waals surface area contributed by atoms with Crippen molar-refractivity contribution < 1.29 is 20.7 Å². The number of phenolic OH excluding ortho intramolecular Hbond substituents is 1. The Morgan fingerprint density at radius 3 is 2.75 bits per heavy atom. The summed E-state index contributed by atoms with van der Waals surface area (Å²) in [5, 5.41) is 30.7. The first kappa shape index (κ1) is 13.1. The van der Waals surface area contributed by atoms with Crippen LogP contribution in [0.1, 0.15) is 22.7 Å². The summed E-state index contributed by atoms with van der Waals surface area (Å²) >= 11 is 0. The Morgan fingerprint density at radius 2 is 1.95 bits per heavy atom. The Labute approximate surface area is 116 Å². The summed E-state index contributed by atoms with van der Waals surface area (Å²) in [5.41, 5.74) is 3.60. The summed E-state index contributed by atoms with van der Waals surface area (Å²) in [6.07, 6.45) is 0.872. The molecule has 1 atom stereocenters. The molecule has 1 aliphatic heterocycles. The van der Waals surface area contributed by atoms with Crippen molar-refractivity contribution in [2.75, 3.05) is 6.54 Å². The van der Waals surface area contributed by atoms with Gasteiger partial charge in [0.2, 0.25) is 0 Å². The number of hydrogen-bond donors (Lipinski definition) is 5. The van der Waals surface area contributed by atoms with Gasteiger partial charge in [-0.15, -0.1) is 0 Å². The van der Waals surface area contributed by atoms with E-state index in [0.717, 1.165) is 29.7 Å². The molecular formula is C15H17N2O3+. The lowest BCUT2D eigenvalue weighted by atomic mass is 9.89. The first-order valence-electron chi connectivity index (χ1n) is 6.55. The highest BCUT2D eigenvalue weighted by molar-refractivity contribution is 5.45. The van der Waals surface area contributed by atoms with E-state index in [2.05, 4.69) is 5.32 Å². The Bertz CT molecular complexity index is 628. The van der Waals surface area contributed by atoms with E-state index in [4.69, 9.17) is 0 Å². The average Bonchev–Trinajstić information content (AvgIpc) is 2.46. The number of fused-ring (bicyclic) bond motifs is 1. The van der Waals surface area contributed by atoms with Crippen LogP contribution < -0.4 is 10.5 Å². The van der Waals surface area contributed by atoms with Gasteiger partial charge in [-0.1, -0.05) is 18.2 Å². The topological polar surface area (TPSA) is 77.2 Å². The molecule has 1 heterocycles. The number of phenols is 1. The standard InChI is InChI=1S/C15H16N2O3/c18-13-4-5-14-10(9-13)6-7-16-15(14)11-2-1-3-12(8-11)17(19)20/h1-5,8-9,15-16,18-20H,6-7H2/p+1. The molecule has 1 aliphatic rings. The molecule has 0 saturated heterocycles. The van der Waals surface area contributed by atoms with Gasteiger partial charge >= 0.3 is 0 Å². The third-order valence-corrected chi connectivity index (χ3v) is 3.66. The number of rotatable bonds is 2.